The molecule has 0 bridgehead atoms. The second kappa shape index (κ2) is 10.9. The van der Waals surface area contributed by atoms with Gasteiger partial charge in [0.15, 0.2) is 6.61 Å². The molecule has 1 N–H and O–H groups in total. The van der Waals surface area contributed by atoms with Crippen LogP contribution in [0.3, 0.4) is 0 Å². The number of rotatable bonds is 10. The molecule has 0 radical (unpaired) electrons. The minimum atomic E-state index is -1.17. The first-order valence-electron chi connectivity index (χ1n) is 10.8. The number of nitrogens with zero attached hydrogens (tertiary/aromatic N) is 1. The molecule has 172 valence electrons. The average Bonchev–Trinajstić information content (AvgIpc) is 2.71. The summed E-state index contributed by atoms with van der Waals surface area (Å²) in [6.45, 7) is 10.9. The molecule has 6 nitrogen and oxygen atoms in total. The fraction of sp³-hybridized carbons (Fsp3) is 0.423. The summed E-state index contributed by atoms with van der Waals surface area (Å²) in [7, 11) is 0. The minimum Gasteiger partial charge on any atom is -0.550 e. The van der Waals surface area contributed by atoms with Crippen LogP contribution in [-0.2, 0) is 15.0 Å². The number of carboxylic acids is 1. The normalized spacial score (nSPS) is 12.3. The molecule has 1 amide bonds. The van der Waals surface area contributed by atoms with Crippen LogP contribution >= 0.6 is 0 Å². The van der Waals surface area contributed by atoms with E-state index in [4.69, 9.17) is 4.74 Å². The van der Waals surface area contributed by atoms with E-state index in [9.17, 15) is 14.7 Å². The molecule has 0 atom stereocenters. The number of amides is 1. The standard InChI is InChI=1S/C26H34N2O4/c1-25(2,3)18-26(4,5)20-11-13-21(14-12-20)32-17-23(29)28-27-22(15-16-24(30)31)19-9-7-6-8-10-19/h6-14H,15-18H2,1-5H3,(H,28,29)(H,30,31)/p-1/b27-22-. The van der Waals surface area contributed by atoms with Crippen LogP contribution in [0.4, 0.5) is 0 Å². The Balaban J connectivity index is 1.95. The fourth-order valence-electron chi connectivity index (χ4n) is 3.86. The zero-order valence-corrected chi connectivity index (χ0v) is 19.6. The van der Waals surface area contributed by atoms with Crippen LogP contribution in [0.5, 0.6) is 5.75 Å². The zero-order chi connectivity index (χ0) is 23.8. The number of carbonyl (C=O) groups is 2. The average molecular weight is 438 g/mol. The highest BCUT2D eigenvalue weighted by Gasteiger charge is 2.27. The highest BCUT2D eigenvalue weighted by molar-refractivity contribution is 6.02. The van der Waals surface area contributed by atoms with Gasteiger partial charge in [0.2, 0.25) is 0 Å². The lowest BCUT2D eigenvalue weighted by molar-refractivity contribution is -0.305. The van der Waals surface area contributed by atoms with Crippen LogP contribution in [-0.4, -0.2) is 24.2 Å². The summed E-state index contributed by atoms with van der Waals surface area (Å²) in [5.74, 6) is -0.999. The van der Waals surface area contributed by atoms with Crippen LogP contribution in [0.2, 0.25) is 0 Å². The minimum absolute atomic E-state index is 0.0299. The fourth-order valence-corrected chi connectivity index (χ4v) is 3.86. The van der Waals surface area contributed by atoms with Crippen molar-refractivity contribution in [1.29, 1.82) is 0 Å². The molecule has 2 aromatic carbocycles. The van der Waals surface area contributed by atoms with Gasteiger partial charge in [-0.15, -0.1) is 0 Å². The van der Waals surface area contributed by atoms with E-state index in [1.54, 1.807) is 12.1 Å². The number of carboxylic acid groups (broad SMARTS) is 1. The van der Waals surface area contributed by atoms with Gasteiger partial charge in [0.1, 0.15) is 5.75 Å². The van der Waals surface area contributed by atoms with Crippen molar-refractivity contribution >= 4 is 17.6 Å². The maximum atomic E-state index is 12.2. The second-order valence-electron chi connectivity index (χ2n) is 9.77. The quantitative estimate of drug-likeness (QED) is 0.452. The van der Waals surface area contributed by atoms with Crippen molar-refractivity contribution in [2.75, 3.05) is 6.61 Å². The van der Waals surface area contributed by atoms with Gasteiger partial charge >= 0.3 is 0 Å². The van der Waals surface area contributed by atoms with E-state index in [1.165, 1.54) is 5.56 Å². The Morgan fingerprint density at radius 2 is 1.56 bits per heavy atom. The number of aliphatic carboxylic acids is 1. The van der Waals surface area contributed by atoms with Crippen LogP contribution < -0.4 is 15.3 Å². The van der Waals surface area contributed by atoms with Crippen molar-refractivity contribution in [3.8, 4) is 5.75 Å². The summed E-state index contributed by atoms with van der Waals surface area (Å²) in [4.78, 5) is 23.0. The van der Waals surface area contributed by atoms with Gasteiger partial charge in [-0.1, -0.05) is 77.1 Å². The van der Waals surface area contributed by atoms with Gasteiger partial charge in [0.05, 0.1) is 5.71 Å². The van der Waals surface area contributed by atoms with Gasteiger partial charge in [-0.3, -0.25) is 4.79 Å². The Labute approximate surface area is 190 Å². The monoisotopic (exact) mass is 437 g/mol. The predicted octanol–water partition coefficient (Wildman–Crippen LogP) is 3.83. The first-order valence-corrected chi connectivity index (χ1v) is 10.8. The summed E-state index contributed by atoms with van der Waals surface area (Å²) in [5, 5.41) is 14.9. The third-order valence-electron chi connectivity index (χ3n) is 4.97. The van der Waals surface area contributed by atoms with E-state index in [0.717, 1.165) is 12.0 Å². The van der Waals surface area contributed by atoms with E-state index >= 15 is 0 Å². The molecular formula is C26H33N2O4-. The maximum absolute atomic E-state index is 12.2. The Morgan fingerprint density at radius 1 is 0.938 bits per heavy atom. The lowest BCUT2D eigenvalue weighted by Gasteiger charge is -2.33. The zero-order valence-electron chi connectivity index (χ0n) is 19.6. The Kier molecular flexibility index (Phi) is 8.58. The molecule has 0 spiro atoms. The van der Waals surface area contributed by atoms with Crippen LogP contribution in [0, 0.1) is 5.41 Å². The Hall–Kier alpha value is -3.15. The lowest BCUT2D eigenvalue weighted by atomic mass is 9.72. The molecule has 0 saturated carbocycles. The van der Waals surface area contributed by atoms with Crippen LogP contribution in [0.15, 0.2) is 59.7 Å². The molecule has 6 heteroatoms. The smallest absolute Gasteiger partial charge is 0.277 e. The first kappa shape index (κ1) is 25.1. The van der Waals surface area contributed by atoms with Gasteiger partial charge < -0.3 is 14.6 Å². The number of carbonyl (C=O) groups excluding carboxylic acids is 2. The number of ether oxygens (including phenoxy) is 1. The van der Waals surface area contributed by atoms with Crippen LogP contribution in [0.1, 0.15) is 65.0 Å². The molecule has 0 fully saturated rings. The molecule has 0 aliphatic rings. The molecule has 2 rings (SSSR count). The first-order chi connectivity index (χ1) is 15.0. The van der Waals surface area contributed by atoms with Gasteiger partial charge in [-0.05, 0) is 53.4 Å². The Bertz CT molecular complexity index is 927. The SMILES string of the molecule is CC(C)(C)CC(C)(C)c1ccc(OCC(=O)N/N=C(/CCC(=O)[O-])c2ccccc2)cc1. The van der Waals surface area contributed by atoms with Crippen molar-refractivity contribution in [3.05, 3.63) is 65.7 Å². The van der Waals surface area contributed by atoms with Gasteiger partial charge in [0.25, 0.3) is 5.91 Å². The summed E-state index contributed by atoms with van der Waals surface area (Å²) in [5.41, 5.74) is 5.12. The number of hydrogen-bond donors (Lipinski definition) is 1. The lowest BCUT2D eigenvalue weighted by Crippen LogP contribution is -2.27. The van der Waals surface area contributed by atoms with E-state index in [0.29, 0.717) is 11.5 Å². The molecule has 0 saturated heterocycles. The molecular weight excluding hydrogens is 404 g/mol. The molecule has 32 heavy (non-hydrogen) atoms. The third kappa shape index (κ3) is 8.53. The number of benzene rings is 2. The summed E-state index contributed by atoms with van der Waals surface area (Å²) in [6.07, 6.45) is 1.01. The molecule has 0 heterocycles. The molecule has 0 aromatic heterocycles. The maximum Gasteiger partial charge on any atom is 0.277 e. The molecule has 0 unspecified atom stereocenters. The van der Waals surface area contributed by atoms with Crippen LogP contribution in [0.25, 0.3) is 0 Å². The largest absolute Gasteiger partial charge is 0.550 e. The summed E-state index contributed by atoms with van der Waals surface area (Å²) >= 11 is 0. The van der Waals surface area contributed by atoms with E-state index in [1.807, 2.05) is 42.5 Å². The highest BCUT2D eigenvalue weighted by Crippen LogP contribution is 2.36. The number of nitrogens with one attached hydrogen (secondary N) is 1. The third-order valence-corrected chi connectivity index (χ3v) is 4.97. The van der Waals surface area contributed by atoms with Crippen molar-refractivity contribution in [2.24, 2.45) is 10.5 Å². The van der Waals surface area contributed by atoms with Crippen molar-refractivity contribution in [1.82, 2.24) is 5.43 Å². The number of hydrogen-bond acceptors (Lipinski definition) is 5. The van der Waals surface area contributed by atoms with E-state index < -0.39 is 11.9 Å². The van der Waals surface area contributed by atoms with Gasteiger partial charge in [-0.25, -0.2) is 5.43 Å². The number of hydrazone groups is 1. The second-order valence-corrected chi connectivity index (χ2v) is 9.77. The predicted molar refractivity (Wildman–Crippen MR) is 124 cm³/mol. The molecule has 0 aliphatic carbocycles. The van der Waals surface area contributed by atoms with Gasteiger partial charge in [-0.2, -0.15) is 5.10 Å². The summed E-state index contributed by atoms with van der Waals surface area (Å²) in [6, 6.07) is 16.9. The molecule has 0 aliphatic heterocycles. The van der Waals surface area contributed by atoms with Crippen molar-refractivity contribution in [2.45, 2.75) is 59.3 Å². The van der Waals surface area contributed by atoms with Gasteiger partial charge in [0, 0.05) is 5.97 Å². The molecule has 2 aromatic rings. The van der Waals surface area contributed by atoms with Crippen molar-refractivity contribution in [3.63, 3.8) is 0 Å². The van der Waals surface area contributed by atoms with E-state index in [-0.39, 0.29) is 30.3 Å². The van der Waals surface area contributed by atoms with Crippen molar-refractivity contribution < 1.29 is 19.4 Å². The Morgan fingerprint density at radius 3 is 2.12 bits per heavy atom. The van der Waals surface area contributed by atoms with E-state index in [2.05, 4.69) is 45.1 Å². The summed E-state index contributed by atoms with van der Waals surface area (Å²) < 4.78 is 5.59. The highest BCUT2D eigenvalue weighted by atomic mass is 16.5. The topological polar surface area (TPSA) is 90.8 Å².